The maximum absolute atomic E-state index is 12.2. The minimum Gasteiger partial charge on any atom is -0.477 e. The van der Waals surface area contributed by atoms with Crippen molar-refractivity contribution in [3.63, 3.8) is 0 Å². The van der Waals surface area contributed by atoms with Crippen LogP contribution < -0.4 is 10.2 Å². The summed E-state index contributed by atoms with van der Waals surface area (Å²) in [7, 11) is -4.07. The Morgan fingerprint density at radius 3 is 2.67 bits per heavy atom. The fourth-order valence-corrected chi connectivity index (χ4v) is 2.97. The normalized spacial score (nSPS) is 11.4. The number of nitrogens with one attached hydrogen (secondary N) is 2. The van der Waals surface area contributed by atoms with E-state index >= 15 is 0 Å². The van der Waals surface area contributed by atoms with Crippen LogP contribution in [0.2, 0.25) is 0 Å². The monoisotopic (exact) mass is 354 g/mol. The van der Waals surface area contributed by atoms with E-state index in [0.29, 0.717) is 0 Å². The molecule has 1 aromatic carbocycles. The summed E-state index contributed by atoms with van der Waals surface area (Å²) < 4.78 is 31.0. The molecule has 10 heteroatoms. The number of hydrogen-bond donors (Lipinski definition) is 3. The van der Waals surface area contributed by atoms with Gasteiger partial charge in [-0.05, 0) is 25.1 Å². The Morgan fingerprint density at radius 1 is 1.33 bits per heavy atom. The molecule has 0 aliphatic rings. The van der Waals surface area contributed by atoms with Gasteiger partial charge in [-0.25, -0.2) is 13.2 Å². The molecule has 3 N–H and O–H groups in total. The van der Waals surface area contributed by atoms with E-state index in [4.69, 9.17) is 5.11 Å². The van der Waals surface area contributed by atoms with Crippen LogP contribution in [0.4, 0.5) is 0 Å². The van der Waals surface area contributed by atoms with Crippen LogP contribution >= 0.6 is 0 Å². The molecule has 0 amide bonds. The van der Waals surface area contributed by atoms with E-state index in [9.17, 15) is 22.8 Å². The average Bonchev–Trinajstić information content (AvgIpc) is 2.53. The number of H-pyrrole nitrogens is 1. The van der Waals surface area contributed by atoms with E-state index in [0.717, 1.165) is 12.3 Å². The maximum Gasteiger partial charge on any atom is 0.341 e. The number of aromatic carboxylic acids is 1. The number of aromatic nitrogens is 1. The smallest absolute Gasteiger partial charge is 0.341 e. The number of sulfonamides is 1. The van der Waals surface area contributed by atoms with Gasteiger partial charge in [-0.1, -0.05) is 0 Å². The lowest BCUT2D eigenvalue weighted by Gasteiger charge is -2.07. The Morgan fingerprint density at radius 2 is 2.04 bits per heavy atom. The van der Waals surface area contributed by atoms with E-state index < -0.39 is 39.5 Å². The number of carboxylic acids is 1. The van der Waals surface area contributed by atoms with Crippen LogP contribution in [0, 0.1) is 0 Å². The molecule has 0 saturated heterocycles. The molecule has 128 valence electrons. The molecule has 0 unspecified atom stereocenters. The Labute approximate surface area is 136 Å². The second kappa shape index (κ2) is 6.81. The highest BCUT2D eigenvalue weighted by atomic mass is 32.2. The van der Waals surface area contributed by atoms with Gasteiger partial charge in [0, 0.05) is 17.1 Å². The lowest BCUT2D eigenvalue weighted by atomic mass is 10.1. The van der Waals surface area contributed by atoms with Gasteiger partial charge in [0.05, 0.1) is 11.5 Å². The van der Waals surface area contributed by atoms with Gasteiger partial charge in [0.15, 0.2) is 0 Å². The molecule has 1 aromatic heterocycles. The molecule has 0 atom stereocenters. The number of benzene rings is 1. The first-order valence-electron chi connectivity index (χ1n) is 6.80. The number of pyridine rings is 1. The van der Waals surface area contributed by atoms with E-state index in [1.54, 1.807) is 6.92 Å². The fourth-order valence-electron chi connectivity index (χ4n) is 1.97. The van der Waals surface area contributed by atoms with Crippen molar-refractivity contribution in [1.29, 1.82) is 0 Å². The first-order valence-corrected chi connectivity index (χ1v) is 8.28. The molecule has 0 spiro atoms. The summed E-state index contributed by atoms with van der Waals surface area (Å²) in [6.07, 6.45) is 1.04. The Bertz CT molecular complexity index is 963. The van der Waals surface area contributed by atoms with Crippen molar-refractivity contribution in [2.75, 3.05) is 13.2 Å². The van der Waals surface area contributed by atoms with Gasteiger partial charge in [-0.3, -0.25) is 9.59 Å². The van der Waals surface area contributed by atoms with Crippen LogP contribution in [-0.2, 0) is 19.6 Å². The second-order valence-corrected chi connectivity index (χ2v) is 6.44. The molecule has 0 aliphatic heterocycles. The maximum atomic E-state index is 12.2. The summed E-state index contributed by atoms with van der Waals surface area (Å²) in [6.45, 7) is 1.14. The Hall–Kier alpha value is -2.72. The predicted octanol–water partition coefficient (Wildman–Crippen LogP) is 0.0677. The van der Waals surface area contributed by atoms with Crippen molar-refractivity contribution in [1.82, 2.24) is 9.71 Å². The molecule has 0 bridgehead atoms. The topological polar surface area (TPSA) is 143 Å². The summed E-state index contributed by atoms with van der Waals surface area (Å²) in [5.74, 6) is -2.17. The zero-order chi connectivity index (χ0) is 17.9. The van der Waals surface area contributed by atoms with Crippen molar-refractivity contribution in [3.8, 4) is 0 Å². The molecule has 24 heavy (non-hydrogen) atoms. The minimum atomic E-state index is -4.07. The van der Waals surface area contributed by atoms with Crippen molar-refractivity contribution < 1.29 is 27.9 Å². The van der Waals surface area contributed by atoms with Crippen LogP contribution in [0.25, 0.3) is 10.9 Å². The summed E-state index contributed by atoms with van der Waals surface area (Å²) in [4.78, 5) is 36.7. The zero-order valence-electron chi connectivity index (χ0n) is 12.5. The molecule has 0 radical (unpaired) electrons. The van der Waals surface area contributed by atoms with Crippen LogP contribution in [0.15, 0.2) is 34.1 Å². The van der Waals surface area contributed by atoms with Gasteiger partial charge in [-0.2, -0.15) is 4.72 Å². The molecule has 0 saturated carbocycles. The average molecular weight is 354 g/mol. The molecule has 9 nitrogen and oxygen atoms in total. The summed E-state index contributed by atoms with van der Waals surface area (Å²) in [5.41, 5.74) is -1.02. The largest absolute Gasteiger partial charge is 0.477 e. The van der Waals surface area contributed by atoms with Gasteiger partial charge in [-0.15, -0.1) is 0 Å². The van der Waals surface area contributed by atoms with Crippen LogP contribution in [0.3, 0.4) is 0 Å². The molecule has 0 aliphatic carbocycles. The van der Waals surface area contributed by atoms with Crippen molar-refractivity contribution in [2.45, 2.75) is 11.8 Å². The summed E-state index contributed by atoms with van der Waals surface area (Å²) in [5, 5.41) is 8.86. The molecule has 2 rings (SSSR count). The van der Waals surface area contributed by atoms with Gasteiger partial charge in [0.25, 0.3) is 0 Å². The molecule has 2 aromatic rings. The number of aromatic amines is 1. The third-order valence-electron chi connectivity index (χ3n) is 3.10. The lowest BCUT2D eigenvalue weighted by molar-refractivity contribution is -0.141. The molecule has 1 heterocycles. The highest BCUT2D eigenvalue weighted by Crippen LogP contribution is 2.15. The first-order chi connectivity index (χ1) is 11.3. The Kier molecular flexibility index (Phi) is 5.00. The fraction of sp³-hybridized carbons (Fsp3) is 0.214. The van der Waals surface area contributed by atoms with E-state index in [-0.39, 0.29) is 22.4 Å². The highest BCUT2D eigenvalue weighted by molar-refractivity contribution is 7.89. The van der Waals surface area contributed by atoms with Crippen LogP contribution in [-0.4, -0.2) is 43.6 Å². The van der Waals surface area contributed by atoms with Gasteiger partial charge < -0.3 is 14.8 Å². The third-order valence-corrected chi connectivity index (χ3v) is 4.50. The molecular weight excluding hydrogens is 340 g/mol. The third kappa shape index (κ3) is 3.60. The molecular formula is C14H14N2O7S. The standard InChI is InChI=1S/C14H14N2O7S/c1-2-23-12(17)7-16-24(21,22)8-3-4-11-9(5-8)13(18)10(6-15-11)14(19)20/h3-6,16H,2,7H2,1H3,(H,15,18)(H,19,20). The van der Waals surface area contributed by atoms with Crippen LogP contribution in [0.5, 0.6) is 0 Å². The number of fused-ring (bicyclic) bond motifs is 1. The van der Waals surface area contributed by atoms with Gasteiger partial charge >= 0.3 is 11.9 Å². The number of carboxylic acid groups (broad SMARTS) is 1. The van der Waals surface area contributed by atoms with Crippen molar-refractivity contribution in [3.05, 3.63) is 40.2 Å². The Balaban J connectivity index is 2.42. The van der Waals surface area contributed by atoms with Crippen LogP contribution in [0.1, 0.15) is 17.3 Å². The number of hydrogen-bond acceptors (Lipinski definition) is 6. The SMILES string of the molecule is CCOC(=O)CNS(=O)(=O)c1ccc2[nH]cc(C(=O)O)c(=O)c2c1. The molecule has 0 fully saturated rings. The van der Waals surface area contributed by atoms with Crippen molar-refractivity contribution >= 4 is 32.9 Å². The second-order valence-electron chi connectivity index (χ2n) is 4.67. The quantitative estimate of drug-likeness (QED) is 0.623. The number of carbonyl (C=O) groups is 2. The van der Waals surface area contributed by atoms with Gasteiger partial charge in [0.1, 0.15) is 12.1 Å². The van der Waals surface area contributed by atoms with Gasteiger partial charge in [0.2, 0.25) is 15.5 Å². The zero-order valence-corrected chi connectivity index (χ0v) is 13.3. The summed E-state index contributed by atoms with van der Waals surface area (Å²) >= 11 is 0. The number of carbonyl (C=O) groups excluding carboxylic acids is 1. The number of rotatable bonds is 6. The van der Waals surface area contributed by atoms with Crippen molar-refractivity contribution in [2.24, 2.45) is 0 Å². The minimum absolute atomic E-state index is 0.0890. The number of esters is 1. The first kappa shape index (κ1) is 17.6. The van der Waals surface area contributed by atoms with E-state index in [1.165, 1.54) is 12.1 Å². The highest BCUT2D eigenvalue weighted by Gasteiger charge is 2.18. The lowest BCUT2D eigenvalue weighted by Crippen LogP contribution is -2.30. The summed E-state index contributed by atoms with van der Waals surface area (Å²) in [6, 6.07) is 3.61. The number of ether oxygens (including phenoxy) is 1. The predicted molar refractivity (Wildman–Crippen MR) is 83.3 cm³/mol. The van der Waals surface area contributed by atoms with E-state index in [2.05, 4.69) is 14.4 Å². The van der Waals surface area contributed by atoms with E-state index in [1.807, 2.05) is 0 Å².